The summed E-state index contributed by atoms with van der Waals surface area (Å²) >= 11 is 12.5. The summed E-state index contributed by atoms with van der Waals surface area (Å²) in [7, 11) is 1.82. The summed E-state index contributed by atoms with van der Waals surface area (Å²) in [5.74, 6) is -1.22. The standard InChI is InChI=1S/C31H36Cl2F4N4O2/c1-38(16-20-5-7-24(27(34)14-20)31(35,36)37)28-18-40(17-23(28)21-6-8-25(32)26(33)15-21)30(43)19-39-12-9-22(10-13-39)41-11-3-2-4-29(41)42/h5-8,14-15,22-23,28H,2-4,9-13,16-19H2,1H3/t23-,28?/m1/s1. The second-order valence-electron chi connectivity index (χ2n) is 11.9. The normalized spacial score (nSPS) is 22.6. The molecule has 12 heteroatoms. The summed E-state index contributed by atoms with van der Waals surface area (Å²) in [5.41, 5.74) is 0.00433. The van der Waals surface area contributed by atoms with Crippen molar-refractivity contribution < 1.29 is 27.2 Å². The van der Waals surface area contributed by atoms with E-state index in [1.807, 2.05) is 27.8 Å². The zero-order chi connectivity index (χ0) is 30.9. The molecular formula is C31H36Cl2F4N4O2. The van der Waals surface area contributed by atoms with Crippen LogP contribution in [0.5, 0.6) is 0 Å². The Morgan fingerprint density at radius 1 is 1.00 bits per heavy atom. The van der Waals surface area contributed by atoms with Gasteiger partial charge in [-0.1, -0.05) is 35.3 Å². The maximum absolute atomic E-state index is 14.3. The summed E-state index contributed by atoms with van der Waals surface area (Å²) in [6, 6.07) is 8.39. The molecule has 0 bridgehead atoms. The highest BCUT2D eigenvalue weighted by atomic mass is 35.5. The molecule has 2 aromatic rings. The van der Waals surface area contributed by atoms with E-state index < -0.39 is 17.6 Å². The molecule has 3 aliphatic heterocycles. The van der Waals surface area contributed by atoms with Crippen LogP contribution in [-0.4, -0.2) is 89.8 Å². The zero-order valence-corrected chi connectivity index (χ0v) is 25.6. The van der Waals surface area contributed by atoms with Crippen molar-refractivity contribution in [3.05, 3.63) is 69.0 Å². The summed E-state index contributed by atoms with van der Waals surface area (Å²) in [6.07, 6.45) is -0.445. The molecule has 0 aliphatic carbocycles. The molecule has 5 rings (SSSR count). The Labute approximate surface area is 259 Å². The number of hydrogen-bond acceptors (Lipinski definition) is 4. The molecule has 234 valence electrons. The van der Waals surface area contributed by atoms with Gasteiger partial charge in [-0.15, -0.1) is 0 Å². The van der Waals surface area contributed by atoms with E-state index in [0.29, 0.717) is 35.1 Å². The van der Waals surface area contributed by atoms with Crippen LogP contribution < -0.4 is 0 Å². The van der Waals surface area contributed by atoms with E-state index >= 15 is 0 Å². The van der Waals surface area contributed by atoms with Gasteiger partial charge in [-0.25, -0.2) is 4.39 Å². The number of likely N-dealkylation sites (tertiary alicyclic amines) is 3. The number of carbonyl (C=O) groups excluding carboxylic acids is 2. The molecule has 3 heterocycles. The second kappa shape index (κ2) is 13.3. The maximum Gasteiger partial charge on any atom is 0.419 e. The smallest absolute Gasteiger partial charge is 0.340 e. The number of nitrogens with zero attached hydrogens (tertiary/aromatic N) is 4. The van der Waals surface area contributed by atoms with E-state index in [4.69, 9.17) is 23.2 Å². The number of hydrogen-bond donors (Lipinski definition) is 0. The van der Waals surface area contributed by atoms with E-state index in [1.165, 1.54) is 6.07 Å². The third-order valence-corrected chi connectivity index (χ3v) is 9.81. The minimum Gasteiger partial charge on any atom is -0.340 e. The monoisotopic (exact) mass is 642 g/mol. The van der Waals surface area contributed by atoms with Gasteiger partial charge in [0.15, 0.2) is 0 Å². The lowest BCUT2D eigenvalue weighted by Crippen LogP contribution is -2.50. The van der Waals surface area contributed by atoms with Crippen molar-refractivity contribution in [1.29, 1.82) is 0 Å². The summed E-state index contributed by atoms with van der Waals surface area (Å²) < 4.78 is 53.5. The van der Waals surface area contributed by atoms with Gasteiger partial charge in [-0.3, -0.25) is 19.4 Å². The van der Waals surface area contributed by atoms with Gasteiger partial charge in [0, 0.05) is 63.7 Å². The topological polar surface area (TPSA) is 47.1 Å². The Balaban J connectivity index is 1.26. The van der Waals surface area contributed by atoms with Crippen molar-refractivity contribution in [3.63, 3.8) is 0 Å². The quantitative estimate of drug-likeness (QED) is 0.345. The molecular weight excluding hydrogens is 607 g/mol. The minimum atomic E-state index is -4.76. The van der Waals surface area contributed by atoms with Crippen LogP contribution in [0.3, 0.4) is 0 Å². The van der Waals surface area contributed by atoms with Gasteiger partial charge in [0.05, 0.1) is 22.2 Å². The van der Waals surface area contributed by atoms with E-state index in [9.17, 15) is 27.2 Å². The lowest BCUT2D eigenvalue weighted by molar-refractivity contribution is -0.140. The van der Waals surface area contributed by atoms with Crippen molar-refractivity contribution >= 4 is 35.0 Å². The highest BCUT2D eigenvalue weighted by molar-refractivity contribution is 6.42. The van der Waals surface area contributed by atoms with Crippen molar-refractivity contribution in [2.45, 2.75) is 62.8 Å². The number of likely N-dealkylation sites (N-methyl/N-ethyl adjacent to an activating group) is 1. The van der Waals surface area contributed by atoms with Crippen LogP contribution in [0.15, 0.2) is 36.4 Å². The molecule has 43 heavy (non-hydrogen) atoms. The Morgan fingerprint density at radius 3 is 2.40 bits per heavy atom. The lowest BCUT2D eigenvalue weighted by atomic mass is 9.93. The van der Waals surface area contributed by atoms with Crippen molar-refractivity contribution in [1.82, 2.24) is 19.6 Å². The fourth-order valence-electron chi connectivity index (χ4n) is 6.69. The van der Waals surface area contributed by atoms with E-state index in [1.54, 1.807) is 12.1 Å². The first kappa shape index (κ1) is 32.0. The Hall–Kier alpha value is -2.40. The fourth-order valence-corrected chi connectivity index (χ4v) is 7.00. The lowest BCUT2D eigenvalue weighted by Gasteiger charge is -2.40. The largest absolute Gasteiger partial charge is 0.419 e. The molecule has 3 saturated heterocycles. The first-order chi connectivity index (χ1) is 20.4. The predicted molar refractivity (Wildman–Crippen MR) is 157 cm³/mol. The first-order valence-electron chi connectivity index (χ1n) is 14.7. The molecule has 0 radical (unpaired) electrons. The van der Waals surface area contributed by atoms with E-state index in [2.05, 4.69) is 4.90 Å². The van der Waals surface area contributed by atoms with Crippen LogP contribution in [0, 0.1) is 5.82 Å². The third kappa shape index (κ3) is 7.47. The van der Waals surface area contributed by atoms with E-state index in [-0.39, 0.29) is 42.9 Å². The fraction of sp³-hybridized carbons (Fsp3) is 0.548. The predicted octanol–water partition coefficient (Wildman–Crippen LogP) is 6.05. The average molecular weight is 644 g/mol. The SMILES string of the molecule is CN(Cc1ccc(C(F)(F)F)c(F)c1)C1CN(C(=O)CN2CCC(N3CCCCC3=O)CC2)C[C@@H]1c1ccc(Cl)c(Cl)c1. The van der Waals surface area contributed by atoms with E-state index in [0.717, 1.165) is 63.0 Å². The Bertz CT molecular complexity index is 1340. The second-order valence-corrected chi connectivity index (χ2v) is 12.7. The average Bonchev–Trinajstić information content (AvgIpc) is 3.41. The molecule has 2 aromatic carbocycles. The number of amides is 2. The Kier molecular flexibility index (Phi) is 9.90. The Morgan fingerprint density at radius 2 is 1.74 bits per heavy atom. The van der Waals surface area contributed by atoms with Crippen molar-refractivity contribution in [2.24, 2.45) is 0 Å². The first-order valence-corrected chi connectivity index (χ1v) is 15.5. The molecule has 6 nitrogen and oxygen atoms in total. The van der Waals surface area contributed by atoms with Gasteiger partial charge in [-0.05, 0) is 68.1 Å². The molecule has 3 fully saturated rings. The van der Waals surface area contributed by atoms with Crippen molar-refractivity contribution in [2.75, 3.05) is 46.3 Å². The molecule has 1 unspecified atom stereocenters. The van der Waals surface area contributed by atoms with Gasteiger partial charge in [0.1, 0.15) is 5.82 Å². The number of benzene rings is 2. The van der Waals surface area contributed by atoms with Crippen LogP contribution in [0.4, 0.5) is 17.6 Å². The van der Waals surface area contributed by atoms with Crippen LogP contribution in [0.25, 0.3) is 0 Å². The zero-order valence-electron chi connectivity index (χ0n) is 24.1. The van der Waals surface area contributed by atoms with Crippen LogP contribution in [0.2, 0.25) is 10.0 Å². The number of rotatable bonds is 7. The molecule has 3 aliphatic rings. The summed E-state index contributed by atoms with van der Waals surface area (Å²) in [5, 5.41) is 0.807. The number of piperidine rings is 2. The van der Waals surface area contributed by atoms with Crippen molar-refractivity contribution in [3.8, 4) is 0 Å². The number of carbonyl (C=O) groups is 2. The highest BCUT2D eigenvalue weighted by Crippen LogP contribution is 2.36. The van der Waals surface area contributed by atoms with Crippen LogP contribution in [-0.2, 0) is 22.3 Å². The van der Waals surface area contributed by atoms with Gasteiger partial charge in [-0.2, -0.15) is 13.2 Å². The highest BCUT2D eigenvalue weighted by Gasteiger charge is 2.40. The number of alkyl halides is 3. The molecule has 0 aromatic heterocycles. The molecule has 0 spiro atoms. The number of halogens is 6. The third-order valence-electron chi connectivity index (χ3n) is 9.07. The van der Waals surface area contributed by atoms with Crippen LogP contribution in [0.1, 0.15) is 54.7 Å². The molecule has 2 atom stereocenters. The van der Waals surface area contributed by atoms with Gasteiger partial charge < -0.3 is 9.80 Å². The molecule has 0 saturated carbocycles. The summed E-state index contributed by atoms with van der Waals surface area (Å²) in [4.78, 5) is 33.8. The summed E-state index contributed by atoms with van der Waals surface area (Å²) in [6.45, 7) is 3.62. The molecule has 2 amide bonds. The van der Waals surface area contributed by atoms with Crippen LogP contribution >= 0.6 is 23.2 Å². The maximum atomic E-state index is 14.3. The minimum absolute atomic E-state index is 0.00552. The van der Waals surface area contributed by atoms with Gasteiger partial charge >= 0.3 is 6.18 Å². The van der Waals surface area contributed by atoms with Gasteiger partial charge in [0.2, 0.25) is 11.8 Å². The van der Waals surface area contributed by atoms with Gasteiger partial charge in [0.25, 0.3) is 0 Å². The molecule has 0 N–H and O–H groups in total.